The second-order valence-electron chi connectivity index (χ2n) is 6.71. The van der Waals surface area contributed by atoms with E-state index in [4.69, 9.17) is 4.52 Å². The molecule has 1 atom stereocenters. The van der Waals surface area contributed by atoms with Gasteiger partial charge < -0.3 is 20.3 Å². The Labute approximate surface area is 132 Å². The van der Waals surface area contributed by atoms with E-state index in [2.05, 4.69) is 36.6 Å². The zero-order chi connectivity index (χ0) is 16.8. The molecule has 22 heavy (non-hydrogen) atoms. The Hall–Kier alpha value is -1.56. The Morgan fingerprint density at radius 1 is 1.32 bits per heavy atom. The van der Waals surface area contributed by atoms with Crippen LogP contribution in [0.5, 0.6) is 0 Å². The molecule has 1 rings (SSSR count). The summed E-state index contributed by atoms with van der Waals surface area (Å²) in [7, 11) is 0. The zero-order valence-corrected chi connectivity index (χ0v) is 14.3. The van der Waals surface area contributed by atoms with Gasteiger partial charge in [0, 0.05) is 18.5 Å². The van der Waals surface area contributed by atoms with E-state index in [1.165, 1.54) is 0 Å². The molecule has 0 radical (unpaired) electrons. The third kappa shape index (κ3) is 5.67. The molecule has 126 valence electrons. The number of aromatic nitrogens is 1. The molecule has 2 amide bonds. The van der Waals surface area contributed by atoms with Crippen LogP contribution in [0.15, 0.2) is 4.52 Å². The second-order valence-corrected chi connectivity index (χ2v) is 6.71. The molecular weight excluding hydrogens is 282 g/mol. The summed E-state index contributed by atoms with van der Waals surface area (Å²) in [4.78, 5) is 12.0. The molecule has 0 aromatic carbocycles. The van der Waals surface area contributed by atoms with Gasteiger partial charge in [0.25, 0.3) is 0 Å². The molecule has 0 aliphatic rings. The molecule has 0 fully saturated rings. The smallest absolute Gasteiger partial charge is 0.315 e. The number of urea groups is 1. The molecular formula is C16H29N3O3. The van der Waals surface area contributed by atoms with E-state index in [0.717, 1.165) is 29.9 Å². The van der Waals surface area contributed by atoms with Gasteiger partial charge in [-0.15, -0.1) is 0 Å². The lowest BCUT2D eigenvalue weighted by atomic mass is 9.88. The Balaban J connectivity index is 2.57. The number of carbonyl (C=O) groups is 1. The topological polar surface area (TPSA) is 87.4 Å². The number of nitrogens with zero attached hydrogens (tertiary/aromatic N) is 1. The van der Waals surface area contributed by atoms with Gasteiger partial charge in [-0.1, -0.05) is 39.8 Å². The van der Waals surface area contributed by atoms with Crippen molar-refractivity contribution in [3.8, 4) is 0 Å². The van der Waals surface area contributed by atoms with Gasteiger partial charge in [-0.05, 0) is 18.3 Å². The molecule has 1 aromatic heterocycles. The van der Waals surface area contributed by atoms with Crippen molar-refractivity contribution in [1.82, 2.24) is 15.8 Å². The van der Waals surface area contributed by atoms with E-state index in [-0.39, 0.29) is 24.1 Å². The van der Waals surface area contributed by atoms with Crippen molar-refractivity contribution in [2.75, 3.05) is 6.61 Å². The van der Waals surface area contributed by atoms with E-state index >= 15 is 0 Å². The fraction of sp³-hybridized carbons (Fsp3) is 0.750. The van der Waals surface area contributed by atoms with Crippen LogP contribution in [0, 0.1) is 5.41 Å². The number of aliphatic hydroxyl groups excluding tert-OH is 1. The van der Waals surface area contributed by atoms with Gasteiger partial charge in [-0.3, -0.25) is 0 Å². The maximum Gasteiger partial charge on any atom is 0.315 e. The number of nitrogens with one attached hydrogen (secondary N) is 2. The number of rotatable bonds is 7. The summed E-state index contributed by atoms with van der Waals surface area (Å²) in [5.41, 5.74) is 1.88. The predicted molar refractivity (Wildman–Crippen MR) is 85.6 cm³/mol. The Morgan fingerprint density at radius 2 is 2.00 bits per heavy atom. The van der Waals surface area contributed by atoms with Crippen LogP contribution in [0.3, 0.4) is 0 Å². The molecule has 0 spiro atoms. The van der Waals surface area contributed by atoms with Gasteiger partial charge in [-0.25, -0.2) is 4.79 Å². The van der Waals surface area contributed by atoms with Crippen LogP contribution in [0.1, 0.15) is 58.1 Å². The molecule has 3 N–H and O–H groups in total. The standard InChI is InChI=1S/C16H29N3O3/c1-6-13-12(14(7-2)22-19-13)9-17-15(21)18-11(10-20)8-16(3,4)5/h11,20H,6-10H2,1-5H3,(H2,17,18,21). The zero-order valence-electron chi connectivity index (χ0n) is 14.3. The molecule has 0 saturated carbocycles. The highest BCUT2D eigenvalue weighted by molar-refractivity contribution is 5.74. The molecule has 6 nitrogen and oxygen atoms in total. The second kappa shape index (κ2) is 8.17. The van der Waals surface area contributed by atoms with Gasteiger partial charge in [0.1, 0.15) is 5.76 Å². The average molecular weight is 311 g/mol. The van der Waals surface area contributed by atoms with Gasteiger partial charge in [0.2, 0.25) is 0 Å². The molecule has 0 bridgehead atoms. The minimum atomic E-state index is -0.284. The van der Waals surface area contributed by atoms with E-state index in [9.17, 15) is 9.90 Å². The van der Waals surface area contributed by atoms with Crippen LogP contribution in [0.2, 0.25) is 0 Å². The highest BCUT2D eigenvalue weighted by Crippen LogP contribution is 2.20. The number of aliphatic hydroxyl groups is 1. The summed E-state index contributed by atoms with van der Waals surface area (Å²) in [6, 6.07) is -0.535. The molecule has 1 aromatic rings. The third-order valence-corrected chi connectivity index (χ3v) is 3.45. The predicted octanol–water partition coefficient (Wildman–Crippen LogP) is 2.40. The van der Waals surface area contributed by atoms with Gasteiger partial charge in [0.05, 0.1) is 18.3 Å². The van der Waals surface area contributed by atoms with E-state index in [1.807, 2.05) is 13.8 Å². The largest absolute Gasteiger partial charge is 0.394 e. The fourth-order valence-electron chi connectivity index (χ4n) is 2.44. The monoisotopic (exact) mass is 311 g/mol. The first-order valence-corrected chi connectivity index (χ1v) is 7.92. The quantitative estimate of drug-likeness (QED) is 0.721. The van der Waals surface area contributed by atoms with Crippen molar-refractivity contribution in [2.24, 2.45) is 5.41 Å². The summed E-state index contributed by atoms with van der Waals surface area (Å²) in [5.74, 6) is 0.811. The first-order chi connectivity index (χ1) is 10.3. The first kappa shape index (κ1) is 18.5. The Bertz CT molecular complexity index is 456. The van der Waals surface area contributed by atoms with Crippen LogP contribution < -0.4 is 10.6 Å². The summed E-state index contributed by atoms with van der Waals surface area (Å²) < 4.78 is 5.27. The van der Waals surface area contributed by atoms with Crippen molar-refractivity contribution >= 4 is 6.03 Å². The van der Waals surface area contributed by atoms with Gasteiger partial charge in [0.15, 0.2) is 0 Å². The van der Waals surface area contributed by atoms with Crippen LogP contribution in [-0.4, -0.2) is 28.9 Å². The Morgan fingerprint density at radius 3 is 2.50 bits per heavy atom. The lowest BCUT2D eigenvalue weighted by molar-refractivity contribution is 0.190. The third-order valence-electron chi connectivity index (χ3n) is 3.45. The average Bonchev–Trinajstić information content (AvgIpc) is 2.84. The van der Waals surface area contributed by atoms with Crippen LogP contribution in [-0.2, 0) is 19.4 Å². The van der Waals surface area contributed by atoms with Crippen molar-refractivity contribution < 1.29 is 14.4 Å². The van der Waals surface area contributed by atoms with Crippen molar-refractivity contribution in [3.63, 3.8) is 0 Å². The number of hydrogen-bond acceptors (Lipinski definition) is 4. The maximum atomic E-state index is 12.0. The van der Waals surface area contributed by atoms with Crippen molar-refractivity contribution in [1.29, 1.82) is 0 Å². The SMILES string of the molecule is CCc1noc(CC)c1CNC(=O)NC(CO)CC(C)(C)C. The first-order valence-electron chi connectivity index (χ1n) is 7.92. The Kier molecular flexibility index (Phi) is 6.87. The summed E-state index contributed by atoms with van der Waals surface area (Å²) in [5, 5.41) is 19.0. The van der Waals surface area contributed by atoms with E-state index < -0.39 is 0 Å². The molecule has 6 heteroatoms. The van der Waals surface area contributed by atoms with Crippen molar-refractivity contribution in [2.45, 2.75) is 66.5 Å². The molecule has 0 saturated heterocycles. The van der Waals surface area contributed by atoms with Crippen molar-refractivity contribution in [3.05, 3.63) is 17.0 Å². The highest BCUT2D eigenvalue weighted by atomic mass is 16.5. The van der Waals surface area contributed by atoms with Gasteiger partial charge >= 0.3 is 6.03 Å². The number of carbonyl (C=O) groups excluding carboxylic acids is 1. The number of amides is 2. The molecule has 0 aliphatic carbocycles. The minimum Gasteiger partial charge on any atom is -0.394 e. The summed E-state index contributed by atoms with van der Waals surface area (Å²) in [6.07, 6.45) is 2.23. The van der Waals surface area contributed by atoms with Gasteiger partial charge in [-0.2, -0.15) is 0 Å². The van der Waals surface area contributed by atoms with E-state index in [0.29, 0.717) is 13.0 Å². The van der Waals surface area contributed by atoms with Crippen LogP contribution >= 0.6 is 0 Å². The molecule has 1 unspecified atom stereocenters. The maximum absolute atomic E-state index is 12.0. The minimum absolute atomic E-state index is 0.0416. The fourth-order valence-corrected chi connectivity index (χ4v) is 2.44. The summed E-state index contributed by atoms with van der Waals surface area (Å²) >= 11 is 0. The van der Waals surface area contributed by atoms with Crippen LogP contribution in [0.25, 0.3) is 0 Å². The normalized spacial score (nSPS) is 13.0. The lowest BCUT2D eigenvalue weighted by Crippen LogP contribution is -2.45. The number of hydrogen-bond donors (Lipinski definition) is 3. The number of aryl methyl sites for hydroxylation is 2. The van der Waals surface area contributed by atoms with Crippen LogP contribution in [0.4, 0.5) is 4.79 Å². The highest BCUT2D eigenvalue weighted by Gasteiger charge is 2.20. The molecule has 1 heterocycles. The van der Waals surface area contributed by atoms with E-state index in [1.54, 1.807) is 0 Å². The lowest BCUT2D eigenvalue weighted by Gasteiger charge is -2.25. The summed E-state index contributed by atoms with van der Waals surface area (Å²) in [6.45, 7) is 10.5. The molecule has 0 aliphatic heterocycles.